The third kappa shape index (κ3) is 2.36. The SMILES string of the molecule is COC(=O)C1CCCN1Cc1ncccn1. The summed E-state index contributed by atoms with van der Waals surface area (Å²) in [5.41, 5.74) is 0. The Morgan fingerprint density at radius 3 is 3.00 bits per heavy atom. The monoisotopic (exact) mass is 221 g/mol. The highest BCUT2D eigenvalue weighted by atomic mass is 16.5. The van der Waals surface area contributed by atoms with Crippen molar-refractivity contribution in [1.82, 2.24) is 14.9 Å². The minimum atomic E-state index is -0.159. The highest BCUT2D eigenvalue weighted by Gasteiger charge is 2.31. The first-order chi connectivity index (χ1) is 7.81. The molecular formula is C11H15N3O2. The van der Waals surface area contributed by atoms with Gasteiger partial charge in [-0.05, 0) is 25.5 Å². The molecule has 16 heavy (non-hydrogen) atoms. The Balaban J connectivity index is 2.01. The third-order valence-corrected chi connectivity index (χ3v) is 2.80. The summed E-state index contributed by atoms with van der Waals surface area (Å²) in [7, 11) is 1.43. The van der Waals surface area contributed by atoms with Crippen molar-refractivity contribution >= 4 is 5.97 Å². The summed E-state index contributed by atoms with van der Waals surface area (Å²) in [6.07, 6.45) is 5.31. The molecule has 1 fully saturated rings. The molecule has 1 aromatic heterocycles. The van der Waals surface area contributed by atoms with Crippen LogP contribution in [0.4, 0.5) is 0 Å². The van der Waals surface area contributed by atoms with Gasteiger partial charge < -0.3 is 4.74 Å². The van der Waals surface area contributed by atoms with Gasteiger partial charge in [0.15, 0.2) is 0 Å². The molecule has 0 amide bonds. The molecule has 5 heteroatoms. The molecule has 0 saturated carbocycles. The maximum Gasteiger partial charge on any atom is 0.323 e. The molecule has 0 radical (unpaired) electrons. The van der Waals surface area contributed by atoms with Crippen LogP contribution >= 0.6 is 0 Å². The number of methoxy groups -OCH3 is 1. The minimum absolute atomic E-state index is 0.131. The molecule has 5 nitrogen and oxygen atoms in total. The summed E-state index contributed by atoms with van der Waals surface area (Å²) >= 11 is 0. The lowest BCUT2D eigenvalue weighted by Gasteiger charge is -2.21. The largest absolute Gasteiger partial charge is 0.468 e. The number of ether oxygens (including phenoxy) is 1. The van der Waals surface area contributed by atoms with Gasteiger partial charge in [0.2, 0.25) is 0 Å². The molecule has 1 unspecified atom stereocenters. The van der Waals surface area contributed by atoms with E-state index in [4.69, 9.17) is 4.74 Å². The molecule has 1 aliphatic heterocycles. The summed E-state index contributed by atoms with van der Waals surface area (Å²) in [6.45, 7) is 1.51. The normalized spacial score (nSPS) is 20.9. The highest BCUT2D eigenvalue weighted by Crippen LogP contribution is 2.19. The molecule has 0 N–H and O–H groups in total. The average Bonchev–Trinajstić information content (AvgIpc) is 2.77. The summed E-state index contributed by atoms with van der Waals surface area (Å²) in [5, 5.41) is 0. The van der Waals surface area contributed by atoms with E-state index in [2.05, 4.69) is 14.9 Å². The Morgan fingerprint density at radius 2 is 2.31 bits per heavy atom. The standard InChI is InChI=1S/C11H15N3O2/c1-16-11(15)9-4-2-7-14(9)8-10-12-5-3-6-13-10/h3,5-6,9H,2,4,7-8H2,1H3. The van der Waals surface area contributed by atoms with Crippen LogP contribution in [0.25, 0.3) is 0 Å². The van der Waals surface area contributed by atoms with Gasteiger partial charge in [-0.2, -0.15) is 0 Å². The molecule has 86 valence electrons. The van der Waals surface area contributed by atoms with Gasteiger partial charge >= 0.3 is 5.97 Å². The van der Waals surface area contributed by atoms with Gasteiger partial charge in [0, 0.05) is 12.4 Å². The lowest BCUT2D eigenvalue weighted by molar-refractivity contribution is -0.146. The maximum atomic E-state index is 11.5. The number of aromatic nitrogens is 2. The van der Waals surface area contributed by atoms with Crippen molar-refractivity contribution in [3.63, 3.8) is 0 Å². The first kappa shape index (κ1) is 11.0. The van der Waals surface area contributed by atoms with Crippen molar-refractivity contribution < 1.29 is 9.53 Å². The summed E-state index contributed by atoms with van der Waals surface area (Å²) in [5.74, 6) is 0.590. The number of hydrogen-bond donors (Lipinski definition) is 0. The molecule has 0 bridgehead atoms. The van der Waals surface area contributed by atoms with Crippen molar-refractivity contribution in [2.45, 2.75) is 25.4 Å². The maximum absolute atomic E-state index is 11.5. The van der Waals surface area contributed by atoms with Gasteiger partial charge in [0.25, 0.3) is 0 Å². The fourth-order valence-corrected chi connectivity index (χ4v) is 2.01. The van der Waals surface area contributed by atoms with Crippen LogP contribution in [0.1, 0.15) is 18.7 Å². The van der Waals surface area contributed by atoms with E-state index in [1.54, 1.807) is 18.5 Å². The fourth-order valence-electron chi connectivity index (χ4n) is 2.01. The van der Waals surface area contributed by atoms with Crippen LogP contribution in [-0.2, 0) is 16.1 Å². The Kier molecular flexibility index (Phi) is 3.46. The van der Waals surface area contributed by atoms with E-state index >= 15 is 0 Å². The van der Waals surface area contributed by atoms with Gasteiger partial charge in [0.05, 0.1) is 13.7 Å². The minimum Gasteiger partial charge on any atom is -0.468 e. The zero-order valence-corrected chi connectivity index (χ0v) is 9.30. The van der Waals surface area contributed by atoms with Crippen LogP contribution in [-0.4, -0.2) is 40.5 Å². The van der Waals surface area contributed by atoms with E-state index in [1.807, 2.05) is 0 Å². The second-order valence-corrected chi connectivity index (χ2v) is 3.82. The quantitative estimate of drug-likeness (QED) is 0.700. The first-order valence-corrected chi connectivity index (χ1v) is 5.39. The van der Waals surface area contributed by atoms with Crippen molar-refractivity contribution in [2.24, 2.45) is 0 Å². The van der Waals surface area contributed by atoms with Crippen LogP contribution in [0.2, 0.25) is 0 Å². The van der Waals surface area contributed by atoms with Crippen molar-refractivity contribution in [2.75, 3.05) is 13.7 Å². The smallest absolute Gasteiger partial charge is 0.323 e. The lowest BCUT2D eigenvalue weighted by Crippen LogP contribution is -2.36. The van der Waals surface area contributed by atoms with Gasteiger partial charge in [-0.3, -0.25) is 9.69 Å². The average molecular weight is 221 g/mol. The van der Waals surface area contributed by atoms with Crippen LogP contribution in [0.3, 0.4) is 0 Å². The zero-order chi connectivity index (χ0) is 11.4. The lowest BCUT2D eigenvalue weighted by atomic mass is 10.2. The van der Waals surface area contributed by atoms with Crippen LogP contribution in [0.5, 0.6) is 0 Å². The molecule has 0 aliphatic carbocycles. The van der Waals surface area contributed by atoms with Gasteiger partial charge in [-0.1, -0.05) is 0 Å². The Labute approximate surface area is 94.5 Å². The van der Waals surface area contributed by atoms with Crippen molar-refractivity contribution in [3.8, 4) is 0 Å². The molecule has 1 aliphatic rings. The second kappa shape index (κ2) is 5.03. The number of esters is 1. The Bertz CT molecular complexity index is 356. The number of carbonyl (C=O) groups excluding carboxylic acids is 1. The van der Waals surface area contributed by atoms with E-state index in [-0.39, 0.29) is 12.0 Å². The molecule has 1 saturated heterocycles. The first-order valence-electron chi connectivity index (χ1n) is 5.39. The third-order valence-electron chi connectivity index (χ3n) is 2.80. The van der Waals surface area contributed by atoms with Crippen molar-refractivity contribution in [1.29, 1.82) is 0 Å². The highest BCUT2D eigenvalue weighted by molar-refractivity contribution is 5.75. The van der Waals surface area contributed by atoms with E-state index < -0.39 is 0 Å². The molecule has 1 aromatic rings. The molecule has 0 spiro atoms. The van der Waals surface area contributed by atoms with Crippen LogP contribution in [0, 0.1) is 0 Å². The van der Waals surface area contributed by atoms with Gasteiger partial charge in [0.1, 0.15) is 11.9 Å². The topological polar surface area (TPSA) is 55.3 Å². The molecule has 2 heterocycles. The van der Waals surface area contributed by atoms with Crippen molar-refractivity contribution in [3.05, 3.63) is 24.3 Å². The van der Waals surface area contributed by atoms with E-state index in [0.717, 1.165) is 25.2 Å². The molecule has 2 rings (SSSR count). The number of carbonyl (C=O) groups is 1. The summed E-state index contributed by atoms with van der Waals surface area (Å²) < 4.78 is 4.78. The molecule has 0 aromatic carbocycles. The predicted octanol–water partition coefficient (Wildman–Crippen LogP) is 0.614. The number of hydrogen-bond acceptors (Lipinski definition) is 5. The fraction of sp³-hybridized carbons (Fsp3) is 0.545. The second-order valence-electron chi connectivity index (χ2n) is 3.82. The van der Waals surface area contributed by atoms with E-state index in [0.29, 0.717) is 6.54 Å². The number of rotatable bonds is 3. The van der Waals surface area contributed by atoms with Gasteiger partial charge in [-0.25, -0.2) is 9.97 Å². The number of nitrogens with zero attached hydrogens (tertiary/aromatic N) is 3. The van der Waals surface area contributed by atoms with Gasteiger partial charge in [-0.15, -0.1) is 0 Å². The summed E-state index contributed by atoms with van der Waals surface area (Å²) in [4.78, 5) is 21.9. The number of likely N-dealkylation sites (tertiary alicyclic amines) is 1. The van der Waals surface area contributed by atoms with Crippen LogP contribution < -0.4 is 0 Å². The summed E-state index contributed by atoms with van der Waals surface area (Å²) in [6, 6.07) is 1.65. The van der Waals surface area contributed by atoms with Crippen LogP contribution in [0.15, 0.2) is 18.5 Å². The Morgan fingerprint density at radius 1 is 1.56 bits per heavy atom. The Hall–Kier alpha value is -1.49. The molecular weight excluding hydrogens is 206 g/mol. The zero-order valence-electron chi connectivity index (χ0n) is 9.30. The van der Waals surface area contributed by atoms with E-state index in [9.17, 15) is 4.79 Å². The molecule has 1 atom stereocenters. The van der Waals surface area contributed by atoms with E-state index in [1.165, 1.54) is 7.11 Å². The predicted molar refractivity (Wildman–Crippen MR) is 57.5 cm³/mol.